The van der Waals surface area contributed by atoms with E-state index in [0.29, 0.717) is 6.54 Å². The van der Waals surface area contributed by atoms with Crippen LogP contribution in [0.1, 0.15) is 31.1 Å². The molecule has 1 unspecified atom stereocenters. The molecule has 0 saturated carbocycles. The molecule has 24 heavy (non-hydrogen) atoms. The molecule has 130 valence electrons. The van der Waals surface area contributed by atoms with Crippen molar-refractivity contribution in [2.75, 3.05) is 18.8 Å². The number of benzene rings is 1. The van der Waals surface area contributed by atoms with E-state index in [4.69, 9.17) is 0 Å². The standard InChI is InChI=1S/C17H20F3N3S/c18-17(19,20)24-11-10-23-9-5-4-8-15(23)16-21-12-14(22-16)13-6-2-1-3-7-13/h1-3,6-7,12,15H,4-5,8-11H2,(H,21,22). The molecule has 0 bridgehead atoms. The van der Waals surface area contributed by atoms with Crippen LogP contribution in [0.3, 0.4) is 0 Å². The van der Waals surface area contributed by atoms with Crippen LogP contribution in [0.15, 0.2) is 36.5 Å². The monoisotopic (exact) mass is 355 g/mol. The van der Waals surface area contributed by atoms with Crippen LogP contribution in [0.2, 0.25) is 0 Å². The van der Waals surface area contributed by atoms with Crippen LogP contribution in [0.5, 0.6) is 0 Å². The lowest BCUT2D eigenvalue weighted by Crippen LogP contribution is -2.36. The highest BCUT2D eigenvalue weighted by Crippen LogP contribution is 2.33. The van der Waals surface area contributed by atoms with Crippen molar-refractivity contribution in [3.05, 3.63) is 42.4 Å². The first-order valence-electron chi connectivity index (χ1n) is 8.08. The summed E-state index contributed by atoms with van der Waals surface area (Å²) < 4.78 is 37.0. The van der Waals surface area contributed by atoms with Gasteiger partial charge in [-0.1, -0.05) is 36.8 Å². The summed E-state index contributed by atoms with van der Waals surface area (Å²) >= 11 is 0.0542. The van der Waals surface area contributed by atoms with Crippen LogP contribution in [0.25, 0.3) is 11.3 Å². The number of aromatic nitrogens is 2. The number of likely N-dealkylation sites (tertiary alicyclic amines) is 1. The second kappa shape index (κ2) is 7.61. The van der Waals surface area contributed by atoms with E-state index in [0.717, 1.165) is 42.9 Å². The highest BCUT2D eigenvalue weighted by molar-refractivity contribution is 8.00. The second-order valence-corrected chi connectivity index (χ2v) is 7.04. The van der Waals surface area contributed by atoms with Crippen LogP contribution in [-0.4, -0.2) is 39.2 Å². The average molecular weight is 355 g/mol. The first-order chi connectivity index (χ1) is 11.5. The van der Waals surface area contributed by atoms with Crippen LogP contribution < -0.4 is 0 Å². The molecule has 7 heteroatoms. The van der Waals surface area contributed by atoms with Crippen molar-refractivity contribution in [1.29, 1.82) is 0 Å². The molecule has 1 fully saturated rings. The summed E-state index contributed by atoms with van der Waals surface area (Å²) in [7, 11) is 0. The number of halogens is 3. The fourth-order valence-electron chi connectivity index (χ4n) is 3.11. The molecular weight excluding hydrogens is 335 g/mol. The molecule has 0 amide bonds. The Morgan fingerprint density at radius 3 is 2.75 bits per heavy atom. The topological polar surface area (TPSA) is 31.9 Å². The smallest absolute Gasteiger partial charge is 0.347 e. The Balaban J connectivity index is 1.68. The quantitative estimate of drug-likeness (QED) is 0.831. The van der Waals surface area contributed by atoms with Gasteiger partial charge >= 0.3 is 5.51 Å². The van der Waals surface area contributed by atoms with E-state index in [1.165, 1.54) is 0 Å². The molecule has 0 aliphatic carbocycles. The maximum Gasteiger partial charge on any atom is 0.441 e. The van der Waals surface area contributed by atoms with Crippen molar-refractivity contribution in [3.8, 4) is 11.3 Å². The summed E-state index contributed by atoms with van der Waals surface area (Å²) in [5.74, 6) is 0.914. The lowest BCUT2D eigenvalue weighted by atomic mass is 10.0. The molecule has 1 aliphatic heterocycles. The molecule has 3 rings (SSSR count). The summed E-state index contributed by atoms with van der Waals surface area (Å²) in [4.78, 5) is 10.0. The highest BCUT2D eigenvalue weighted by atomic mass is 32.2. The lowest BCUT2D eigenvalue weighted by molar-refractivity contribution is -0.0329. The number of thioether (sulfide) groups is 1. The van der Waals surface area contributed by atoms with Gasteiger partial charge in [0.15, 0.2) is 0 Å². The summed E-state index contributed by atoms with van der Waals surface area (Å²) in [5.41, 5.74) is -2.24. The summed E-state index contributed by atoms with van der Waals surface area (Å²) in [6, 6.07) is 9.95. The number of rotatable bonds is 5. The van der Waals surface area contributed by atoms with E-state index in [9.17, 15) is 13.2 Å². The second-order valence-electron chi connectivity index (χ2n) is 5.88. The van der Waals surface area contributed by atoms with Gasteiger partial charge in [-0.15, -0.1) is 0 Å². The fourth-order valence-corrected chi connectivity index (χ4v) is 3.67. The van der Waals surface area contributed by atoms with E-state index in [1.54, 1.807) is 0 Å². The Hall–Kier alpha value is -1.47. The van der Waals surface area contributed by atoms with Gasteiger partial charge in [-0.3, -0.25) is 4.90 Å². The highest BCUT2D eigenvalue weighted by Gasteiger charge is 2.30. The fraction of sp³-hybridized carbons (Fsp3) is 0.471. The van der Waals surface area contributed by atoms with Crippen molar-refractivity contribution in [2.45, 2.75) is 30.8 Å². The molecule has 1 atom stereocenters. The molecule has 1 aromatic carbocycles. The Morgan fingerprint density at radius 1 is 1.21 bits per heavy atom. The normalized spacial score (nSPS) is 19.5. The van der Waals surface area contributed by atoms with Crippen LogP contribution >= 0.6 is 11.8 Å². The maximum absolute atomic E-state index is 12.3. The van der Waals surface area contributed by atoms with Gasteiger partial charge in [0.1, 0.15) is 5.82 Å². The van der Waals surface area contributed by atoms with Gasteiger partial charge in [0.2, 0.25) is 0 Å². The molecule has 0 radical (unpaired) electrons. The minimum Gasteiger partial charge on any atom is -0.347 e. The van der Waals surface area contributed by atoms with E-state index < -0.39 is 5.51 Å². The number of alkyl halides is 3. The lowest BCUT2D eigenvalue weighted by Gasteiger charge is -2.34. The van der Waals surface area contributed by atoms with Gasteiger partial charge in [0, 0.05) is 24.1 Å². The van der Waals surface area contributed by atoms with E-state index in [-0.39, 0.29) is 23.6 Å². The first-order valence-corrected chi connectivity index (χ1v) is 9.07. The maximum atomic E-state index is 12.3. The average Bonchev–Trinajstić information content (AvgIpc) is 3.05. The number of aromatic amines is 1. The molecule has 2 heterocycles. The van der Waals surface area contributed by atoms with Crippen molar-refractivity contribution >= 4 is 11.8 Å². The Morgan fingerprint density at radius 2 is 2.00 bits per heavy atom. The van der Waals surface area contributed by atoms with Gasteiger partial charge in [0.25, 0.3) is 0 Å². The van der Waals surface area contributed by atoms with Gasteiger partial charge in [-0.05, 0) is 31.1 Å². The van der Waals surface area contributed by atoms with Crippen LogP contribution in [0.4, 0.5) is 13.2 Å². The zero-order valence-corrected chi connectivity index (χ0v) is 14.0. The van der Waals surface area contributed by atoms with Crippen LogP contribution in [0, 0.1) is 0 Å². The molecule has 0 spiro atoms. The summed E-state index contributed by atoms with van der Waals surface area (Å²) in [6.45, 7) is 1.25. The molecule has 3 nitrogen and oxygen atoms in total. The minimum absolute atomic E-state index is 0.0542. The molecule has 1 N–H and O–H groups in total. The van der Waals surface area contributed by atoms with Crippen molar-refractivity contribution in [2.24, 2.45) is 0 Å². The van der Waals surface area contributed by atoms with Gasteiger partial charge in [0.05, 0.1) is 11.7 Å². The number of nitrogens with one attached hydrogen (secondary N) is 1. The molecule has 1 aromatic heterocycles. The Kier molecular flexibility index (Phi) is 5.50. The zero-order valence-electron chi connectivity index (χ0n) is 13.2. The van der Waals surface area contributed by atoms with Crippen molar-refractivity contribution in [3.63, 3.8) is 0 Å². The molecular formula is C17H20F3N3S. The Labute approximate surface area is 143 Å². The molecule has 2 aromatic rings. The van der Waals surface area contributed by atoms with Gasteiger partial charge in [-0.2, -0.15) is 13.2 Å². The zero-order chi connectivity index (χ0) is 17.0. The first kappa shape index (κ1) is 17.4. The number of hydrogen-bond acceptors (Lipinski definition) is 3. The molecule has 1 aliphatic rings. The minimum atomic E-state index is -4.16. The number of hydrogen-bond donors (Lipinski definition) is 1. The van der Waals surface area contributed by atoms with Crippen LogP contribution in [-0.2, 0) is 0 Å². The van der Waals surface area contributed by atoms with Gasteiger partial charge < -0.3 is 4.98 Å². The van der Waals surface area contributed by atoms with E-state index in [2.05, 4.69) is 14.9 Å². The largest absolute Gasteiger partial charge is 0.441 e. The Bertz CT molecular complexity index is 642. The van der Waals surface area contributed by atoms with E-state index >= 15 is 0 Å². The third kappa shape index (κ3) is 4.54. The molecule has 1 saturated heterocycles. The third-order valence-electron chi connectivity index (χ3n) is 4.24. The van der Waals surface area contributed by atoms with Crippen molar-refractivity contribution in [1.82, 2.24) is 14.9 Å². The van der Waals surface area contributed by atoms with Crippen molar-refractivity contribution < 1.29 is 13.2 Å². The number of nitrogens with zero attached hydrogens (tertiary/aromatic N) is 2. The third-order valence-corrected chi connectivity index (χ3v) is 4.95. The van der Waals surface area contributed by atoms with Gasteiger partial charge in [-0.25, -0.2) is 4.98 Å². The number of H-pyrrole nitrogens is 1. The summed E-state index contributed by atoms with van der Waals surface area (Å²) in [5, 5.41) is 0. The number of imidazole rings is 1. The SMILES string of the molecule is FC(F)(F)SCCN1CCCCC1c1nc(-c2ccccc2)c[nH]1. The predicted octanol–water partition coefficient (Wildman–Crippen LogP) is 4.86. The van der Waals surface area contributed by atoms with E-state index in [1.807, 2.05) is 36.5 Å². The number of piperidine rings is 1. The predicted molar refractivity (Wildman–Crippen MR) is 90.7 cm³/mol. The summed E-state index contributed by atoms with van der Waals surface area (Å²) in [6.07, 6.45) is 4.91.